The van der Waals surface area contributed by atoms with E-state index >= 15 is 0 Å². The van der Waals surface area contributed by atoms with Gasteiger partial charge in [0.25, 0.3) is 0 Å². The lowest BCUT2D eigenvalue weighted by Gasteiger charge is -2.51. The van der Waals surface area contributed by atoms with Crippen molar-refractivity contribution in [1.82, 2.24) is 0 Å². The average molecular weight is 289 g/mol. The molecule has 2 unspecified atom stereocenters. The largest absolute Gasteiger partial charge is 0.378 e. The van der Waals surface area contributed by atoms with Crippen LogP contribution in [0.1, 0.15) is 64.7 Å². The molecule has 94 valence electrons. The summed E-state index contributed by atoms with van der Waals surface area (Å²) in [5.74, 6) is 0. The van der Waals surface area contributed by atoms with Crippen molar-refractivity contribution in [2.75, 3.05) is 6.61 Å². The molecule has 0 amide bonds. The van der Waals surface area contributed by atoms with Crippen molar-refractivity contribution in [3.63, 3.8) is 0 Å². The minimum Gasteiger partial charge on any atom is -0.378 e. The van der Waals surface area contributed by atoms with Gasteiger partial charge >= 0.3 is 0 Å². The van der Waals surface area contributed by atoms with Crippen LogP contribution < -0.4 is 0 Å². The van der Waals surface area contributed by atoms with E-state index < -0.39 is 0 Å². The monoisotopic (exact) mass is 288 g/mol. The molecule has 2 rings (SSSR count). The Morgan fingerprint density at radius 2 is 1.94 bits per heavy atom. The predicted octanol–water partition coefficient (Wildman–Crippen LogP) is 4.68. The lowest BCUT2D eigenvalue weighted by atomic mass is 9.64. The zero-order chi connectivity index (χ0) is 11.4. The maximum absolute atomic E-state index is 6.10. The van der Waals surface area contributed by atoms with Crippen LogP contribution in [0.3, 0.4) is 0 Å². The van der Waals surface area contributed by atoms with Gasteiger partial charge in [-0.05, 0) is 25.7 Å². The molecule has 16 heavy (non-hydrogen) atoms. The van der Waals surface area contributed by atoms with Crippen LogP contribution in [0, 0.1) is 5.41 Å². The highest BCUT2D eigenvalue weighted by atomic mass is 79.9. The van der Waals surface area contributed by atoms with Gasteiger partial charge in [-0.3, -0.25) is 0 Å². The van der Waals surface area contributed by atoms with Crippen molar-refractivity contribution in [2.45, 2.75) is 75.6 Å². The fraction of sp³-hybridized carbons (Fsp3) is 1.00. The molecule has 2 saturated carbocycles. The van der Waals surface area contributed by atoms with Gasteiger partial charge < -0.3 is 4.74 Å². The number of unbranched alkanes of at least 4 members (excludes halogenated alkanes) is 3. The van der Waals surface area contributed by atoms with Crippen molar-refractivity contribution in [1.29, 1.82) is 0 Å². The third kappa shape index (κ3) is 2.48. The first-order valence-corrected chi connectivity index (χ1v) is 7.97. The summed E-state index contributed by atoms with van der Waals surface area (Å²) >= 11 is 3.84. The summed E-state index contributed by atoms with van der Waals surface area (Å²) in [6.45, 7) is 3.25. The molecule has 2 atom stereocenters. The van der Waals surface area contributed by atoms with Gasteiger partial charge in [-0.2, -0.15) is 0 Å². The number of alkyl halides is 1. The average Bonchev–Trinajstić information content (AvgIpc) is 2.79. The standard InChI is InChI=1S/C14H25BrO/c1-2-3-4-7-10-16-13-11-12(15)14(13)8-5-6-9-14/h12-13H,2-11H2,1H3. The highest BCUT2D eigenvalue weighted by Crippen LogP contribution is 2.57. The van der Waals surface area contributed by atoms with Gasteiger partial charge in [0.05, 0.1) is 6.10 Å². The Bertz CT molecular complexity index is 211. The molecule has 0 aliphatic heterocycles. The Morgan fingerprint density at radius 1 is 1.19 bits per heavy atom. The molecule has 0 saturated heterocycles. The topological polar surface area (TPSA) is 9.23 Å². The fourth-order valence-electron chi connectivity index (χ4n) is 3.36. The Labute approximate surface area is 108 Å². The highest BCUT2D eigenvalue weighted by Gasteiger charge is 2.55. The van der Waals surface area contributed by atoms with E-state index in [4.69, 9.17) is 4.74 Å². The fourth-order valence-corrected chi connectivity index (χ4v) is 4.45. The second-order valence-corrected chi connectivity index (χ2v) is 6.67. The quantitative estimate of drug-likeness (QED) is 0.509. The lowest BCUT2D eigenvalue weighted by Crippen LogP contribution is -2.53. The number of ether oxygens (including phenoxy) is 1. The van der Waals surface area contributed by atoms with Crippen LogP contribution >= 0.6 is 15.9 Å². The smallest absolute Gasteiger partial charge is 0.0652 e. The van der Waals surface area contributed by atoms with Gasteiger partial charge in [0.2, 0.25) is 0 Å². The van der Waals surface area contributed by atoms with Crippen LogP contribution in [0.4, 0.5) is 0 Å². The summed E-state index contributed by atoms with van der Waals surface area (Å²) in [5, 5.41) is 0. The van der Waals surface area contributed by atoms with Crippen molar-refractivity contribution >= 4 is 15.9 Å². The first kappa shape index (κ1) is 12.9. The van der Waals surface area contributed by atoms with Gasteiger partial charge in [-0.25, -0.2) is 0 Å². The van der Waals surface area contributed by atoms with Crippen molar-refractivity contribution < 1.29 is 4.74 Å². The van der Waals surface area contributed by atoms with Crippen LogP contribution in [0.25, 0.3) is 0 Å². The molecule has 0 heterocycles. The van der Waals surface area contributed by atoms with Crippen LogP contribution in [-0.4, -0.2) is 17.5 Å². The number of halogens is 1. The van der Waals surface area contributed by atoms with Gasteiger partial charge in [0.1, 0.15) is 0 Å². The van der Waals surface area contributed by atoms with E-state index in [0.717, 1.165) is 11.4 Å². The molecule has 2 aliphatic carbocycles. The zero-order valence-corrected chi connectivity index (χ0v) is 12.1. The molecular weight excluding hydrogens is 264 g/mol. The second-order valence-electron chi connectivity index (χ2n) is 5.56. The molecule has 2 heteroatoms. The van der Waals surface area contributed by atoms with E-state index in [0.29, 0.717) is 11.5 Å². The molecule has 0 N–H and O–H groups in total. The second kappa shape index (κ2) is 5.86. The zero-order valence-electron chi connectivity index (χ0n) is 10.5. The number of rotatable bonds is 6. The molecule has 2 aliphatic rings. The number of hydrogen-bond acceptors (Lipinski definition) is 1. The maximum Gasteiger partial charge on any atom is 0.0652 e. The summed E-state index contributed by atoms with van der Waals surface area (Å²) in [6, 6.07) is 0. The molecule has 0 aromatic carbocycles. The summed E-state index contributed by atoms with van der Waals surface area (Å²) in [4.78, 5) is 0.739. The molecular formula is C14H25BrO. The molecule has 0 aromatic rings. The highest BCUT2D eigenvalue weighted by molar-refractivity contribution is 9.09. The van der Waals surface area contributed by atoms with Crippen molar-refractivity contribution in [3.8, 4) is 0 Å². The summed E-state index contributed by atoms with van der Waals surface area (Å²) in [7, 11) is 0. The summed E-state index contributed by atoms with van der Waals surface area (Å²) in [6.07, 6.45) is 12.7. The van der Waals surface area contributed by atoms with Crippen molar-refractivity contribution in [2.24, 2.45) is 5.41 Å². The van der Waals surface area contributed by atoms with E-state index in [1.165, 1.54) is 57.8 Å². The predicted molar refractivity (Wildman–Crippen MR) is 72.1 cm³/mol. The van der Waals surface area contributed by atoms with Crippen LogP contribution in [0.2, 0.25) is 0 Å². The minimum atomic E-state index is 0.532. The van der Waals surface area contributed by atoms with E-state index in [9.17, 15) is 0 Å². The van der Waals surface area contributed by atoms with Gasteiger partial charge in [-0.15, -0.1) is 0 Å². The first-order valence-electron chi connectivity index (χ1n) is 7.05. The Kier molecular flexibility index (Phi) is 4.72. The van der Waals surface area contributed by atoms with Crippen LogP contribution in [0.15, 0.2) is 0 Å². The van der Waals surface area contributed by atoms with Crippen LogP contribution in [-0.2, 0) is 4.74 Å². The minimum absolute atomic E-state index is 0.532. The molecule has 2 fully saturated rings. The van der Waals surface area contributed by atoms with Gasteiger partial charge in [0.15, 0.2) is 0 Å². The van der Waals surface area contributed by atoms with E-state index in [2.05, 4.69) is 22.9 Å². The summed E-state index contributed by atoms with van der Waals surface area (Å²) < 4.78 is 6.10. The Balaban J connectivity index is 1.66. The van der Waals surface area contributed by atoms with Gasteiger partial charge in [-0.1, -0.05) is 55.0 Å². The molecule has 1 nitrogen and oxygen atoms in total. The lowest BCUT2D eigenvalue weighted by molar-refractivity contribution is -0.101. The normalized spacial score (nSPS) is 31.9. The van der Waals surface area contributed by atoms with E-state index in [1.807, 2.05) is 0 Å². The van der Waals surface area contributed by atoms with E-state index in [1.54, 1.807) is 0 Å². The third-order valence-electron chi connectivity index (χ3n) is 4.54. The van der Waals surface area contributed by atoms with Gasteiger partial charge in [0, 0.05) is 16.8 Å². The van der Waals surface area contributed by atoms with Crippen molar-refractivity contribution in [3.05, 3.63) is 0 Å². The Morgan fingerprint density at radius 3 is 2.56 bits per heavy atom. The Hall–Kier alpha value is 0.440. The molecule has 0 radical (unpaired) electrons. The first-order chi connectivity index (χ1) is 7.79. The third-order valence-corrected chi connectivity index (χ3v) is 5.82. The number of hydrogen-bond donors (Lipinski definition) is 0. The molecule has 1 spiro atoms. The molecule has 0 aromatic heterocycles. The molecule has 0 bridgehead atoms. The van der Waals surface area contributed by atoms with Crippen LogP contribution in [0.5, 0.6) is 0 Å². The SMILES string of the molecule is CCCCCCOC1CC(Br)C12CCCC2. The summed E-state index contributed by atoms with van der Waals surface area (Å²) in [5.41, 5.74) is 0.532. The van der Waals surface area contributed by atoms with E-state index in [-0.39, 0.29) is 0 Å². The maximum atomic E-state index is 6.10.